The molecule has 0 aliphatic carbocycles. The van der Waals surface area contributed by atoms with Crippen molar-refractivity contribution < 1.29 is 14.6 Å². The van der Waals surface area contributed by atoms with Crippen LogP contribution in [0.4, 0.5) is 5.69 Å². The molecule has 1 aromatic carbocycles. The SMILES string of the molecule is CC(O)C(=O)Nc1cccc(OCCCC#N)c1. The van der Waals surface area contributed by atoms with Crippen molar-refractivity contribution in [1.82, 2.24) is 0 Å². The van der Waals surface area contributed by atoms with Gasteiger partial charge in [-0.05, 0) is 25.5 Å². The Bertz CT molecular complexity index is 438. The number of hydrogen-bond donors (Lipinski definition) is 2. The molecule has 2 N–H and O–H groups in total. The van der Waals surface area contributed by atoms with Gasteiger partial charge in [-0.2, -0.15) is 5.26 Å². The van der Waals surface area contributed by atoms with Gasteiger partial charge in [0.25, 0.3) is 5.91 Å². The molecule has 0 radical (unpaired) electrons. The average molecular weight is 248 g/mol. The predicted octanol–water partition coefficient (Wildman–Crippen LogP) is 1.69. The largest absolute Gasteiger partial charge is 0.493 e. The van der Waals surface area contributed by atoms with Gasteiger partial charge in [0.1, 0.15) is 11.9 Å². The molecule has 0 spiro atoms. The van der Waals surface area contributed by atoms with Crippen LogP contribution in [0.2, 0.25) is 0 Å². The number of hydrogen-bond acceptors (Lipinski definition) is 4. The number of nitrogens with one attached hydrogen (secondary N) is 1. The lowest BCUT2D eigenvalue weighted by molar-refractivity contribution is -0.123. The van der Waals surface area contributed by atoms with Crippen molar-refractivity contribution in [2.75, 3.05) is 11.9 Å². The summed E-state index contributed by atoms with van der Waals surface area (Å²) in [4.78, 5) is 11.3. The number of unbranched alkanes of at least 4 members (excludes halogenated alkanes) is 1. The highest BCUT2D eigenvalue weighted by Crippen LogP contribution is 2.17. The van der Waals surface area contributed by atoms with E-state index in [4.69, 9.17) is 15.1 Å². The topological polar surface area (TPSA) is 82.3 Å². The maximum absolute atomic E-state index is 11.3. The monoisotopic (exact) mass is 248 g/mol. The number of carbonyl (C=O) groups excluding carboxylic acids is 1. The van der Waals surface area contributed by atoms with Gasteiger partial charge in [0.2, 0.25) is 0 Å². The number of amides is 1. The van der Waals surface area contributed by atoms with Gasteiger partial charge >= 0.3 is 0 Å². The van der Waals surface area contributed by atoms with Crippen LogP contribution >= 0.6 is 0 Å². The van der Waals surface area contributed by atoms with E-state index in [0.29, 0.717) is 30.9 Å². The van der Waals surface area contributed by atoms with Gasteiger partial charge in [-0.1, -0.05) is 6.07 Å². The minimum absolute atomic E-state index is 0.457. The molecule has 1 rings (SSSR count). The first-order valence-electron chi connectivity index (χ1n) is 5.72. The third kappa shape index (κ3) is 4.85. The first kappa shape index (κ1) is 14.0. The minimum Gasteiger partial charge on any atom is -0.493 e. The van der Waals surface area contributed by atoms with E-state index in [1.54, 1.807) is 24.3 Å². The molecule has 0 aliphatic rings. The van der Waals surface area contributed by atoms with Crippen molar-refractivity contribution >= 4 is 11.6 Å². The van der Waals surface area contributed by atoms with Crippen molar-refractivity contribution in [3.05, 3.63) is 24.3 Å². The van der Waals surface area contributed by atoms with Crippen molar-refractivity contribution in [2.24, 2.45) is 0 Å². The standard InChI is InChI=1S/C13H16N2O3/c1-10(16)13(17)15-11-5-4-6-12(9-11)18-8-3-2-7-14/h4-6,9-10,16H,2-3,8H2,1H3,(H,15,17). The third-order valence-corrected chi connectivity index (χ3v) is 2.18. The molecule has 5 nitrogen and oxygen atoms in total. The van der Waals surface area contributed by atoms with Gasteiger partial charge in [-0.3, -0.25) is 4.79 Å². The molecule has 0 fully saturated rings. The summed E-state index contributed by atoms with van der Waals surface area (Å²) < 4.78 is 5.43. The Balaban J connectivity index is 2.52. The minimum atomic E-state index is -1.05. The fraction of sp³-hybridized carbons (Fsp3) is 0.385. The van der Waals surface area contributed by atoms with Crippen LogP contribution in [0.15, 0.2) is 24.3 Å². The zero-order valence-electron chi connectivity index (χ0n) is 10.2. The number of rotatable bonds is 6. The van der Waals surface area contributed by atoms with E-state index >= 15 is 0 Å². The summed E-state index contributed by atoms with van der Waals surface area (Å²) in [5, 5.41) is 20.0. The van der Waals surface area contributed by atoms with E-state index in [1.165, 1.54) is 6.92 Å². The molecule has 0 aromatic heterocycles. The highest BCUT2D eigenvalue weighted by Gasteiger charge is 2.08. The summed E-state index contributed by atoms with van der Waals surface area (Å²) >= 11 is 0. The Hall–Kier alpha value is -2.06. The lowest BCUT2D eigenvalue weighted by Gasteiger charge is -2.09. The zero-order valence-corrected chi connectivity index (χ0v) is 10.2. The van der Waals surface area contributed by atoms with Crippen LogP contribution < -0.4 is 10.1 Å². The van der Waals surface area contributed by atoms with Crippen LogP contribution in [-0.2, 0) is 4.79 Å². The molecule has 0 aliphatic heterocycles. The normalized spacial score (nSPS) is 11.4. The molecule has 0 saturated heterocycles. The maximum atomic E-state index is 11.3. The van der Waals surface area contributed by atoms with Crippen LogP contribution in [0.5, 0.6) is 5.75 Å². The molecular formula is C13H16N2O3. The number of benzene rings is 1. The summed E-state index contributed by atoms with van der Waals surface area (Å²) in [7, 11) is 0. The number of carbonyl (C=O) groups is 1. The third-order valence-electron chi connectivity index (χ3n) is 2.18. The summed E-state index contributed by atoms with van der Waals surface area (Å²) in [5.41, 5.74) is 0.568. The second-order valence-electron chi connectivity index (χ2n) is 3.80. The molecular weight excluding hydrogens is 232 g/mol. The van der Waals surface area contributed by atoms with Gasteiger partial charge in [0.15, 0.2) is 0 Å². The number of nitriles is 1. The van der Waals surface area contributed by atoms with Gasteiger partial charge in [-0.25, -0.2) is 0 Å². The molecule has 0 saturated carbocycles. The summed E-state index contributed by atoms with van der Waals surface area (Å²) in [6.45, 7) is 1.86. The van der Waals surface area contributed by atoms with E-state index < -0.39 is 12.0 Å². The summed E-state index contributed by atoms with van der Waals surface area (Å²) in [6.07, 6.45) is 0.0735. The molecule has 96 valence electrons. The molecule has 1 amide bonds. The van der Waals surface area contributed by atoms with Crippen molar-refractivity contribution in [1.29, 1.82) is 5.26 Å². The van der Waals surface area contributed by atoms with Crippen LogP contribution in [0.3, 0.4) is 0 Å². The van der Waals surface area contributed by atoms with E-state index in [9.17, 15) is 4.79 Å². The van der Waals surface area contributed by atoms with Crippen LogP contribution in [-0.4, -0.2) is 23.7 Å². The van der Waals surface area contributed by atoms with Crippen LogP contribution in [0, 0.1) is 11.3 Å². The number of aliphatic hydroxyl groups excluding tert-OH is 1. The quantitative estimate of drug-likeness (QED) is 0.750. The molecule has 5 heteroatoms. The fourth-order valence-corrected chi connectivity index (χ4v) is 1.25. The van der Waals surface area contributed by atoms with E-state index in [0.717, 1.165) is 0 Å². The van der Waals surface area contributed by atoms with Crippen molar-refractivity contribution in [3.8, 4) is 11.8 Å². The van der Waals surface area contributed by atoms with E-state index in [2.05, 4.69) is 5.32 Å². The Morgan fingerprint density at radius 3 is 3.06 bits per heavy atom. The number of aliphatic hydroxyl groups is 1. The summed E-state index contributed by atoms with van der Waals surface area (Å²) in [5.74, 6) is 0.160. The Kier molecular flexibility index (Phi) is 5.68. The molecule has 1 atom stereocenters. The zero-order chi connectivity index (χ0) is 13.4. The number of nitrogens with zero attached hydrogens (tertiary/aromatic N) is 1. The van der Waals surface area contributed by atoms with Gasteiger partial charge < -0.3 is 15.2 Å². The lowest BCUT2D eigenvalue weighted by atomic mass is 10.2. The highest BCUT2D eigenvalue weighted by molar-refractivity contribution is 5.93. The smallest absolute Gasteiger partial charge is 0.252 e. The van der Waals surface area contributed by atoms with Crippen LogP contribution in [0.25, 0.3) is 0 Å². The van der Waals surface area contributed by atoms with Gasteiger partial charge in [0.05, 0.1) is 12.7 Å². The fourth-order valence-electron chi connectivity index (χ4n) is 1.25. The Morgan fingerprint density at radius 2 is 2.39 bits per heavy atom. The molecule has 0 heterocycles. The summed E-state index contributed by atoms with van der Waals surface area (Å²) in [6, 6.07) is 8.94. The molecule has 18 heavy (non-hydrogen) atoms. The first-order valence-corrected chi connectivity index (χ1v) is 5.72. The predicted molar refractivity (Wildman–Crippen MR) is 67.1 cm³/mol. The highest BCUT2D eigenvalue weighted by atomic mass is 16.5. The first-order chi connectivity index (χ1) is 8.63. The van der Waals surface area contributed by atoms with Crippen LogP contribution in [0.1, 0.15) is 19.8 Å². The maximum Gasteiger partial charge on any atom is 0.252 e. The Morgan fingerprint density at radius 1 is 1.61 bits per heavy atom. The van der Waals surface area contributed by atoms with E-state index in [-0.39, 0.29) is 0 Å². The molecule has 1 unspecified atom stereocenters. The number of anilines is 1. The molecule has 0 bridgehead atoms. The van der Waals surface area contributed by atoms with E-state index in [1.807, 2.05) is 6.07 Å². The average Bonchev–Trinajstić information content (AvgIpc) is 2.35. The lowest BCUT2D eigenvalue weighted by Crippen LogP contribution is -2.24. The van der Waals surface area contributed by atoms with Crippen molar-refractivity contribution in [3.63, 3.8) is 0 Å². The Labute approximate surface area is 106 Å². The van der Waals surface area contributed by atoms with Crippen molar-refractivity contribution in [2.45, 2.75) is 25.9 Å². The van der Waals surface area contributed by atoms with Gasteiger partial charge in [-0.15, -0.1) is 0 Å². The second kappa shape index (κ2) is 7.30. The second-order valence-corrected chi connectivity index (χ2v) is 3.80. The molecule has 1 aromatic rings. The van der Waals surface area contributed by atoms with Gasteiger partial charge in [0, 0.05) is 18.2 Å². The number of ether oxygens (including phenoxy) is 1.